The zero-order valence-corrected chi connectivity index (χ0v) is 21.3. The van der Waals surface area contributed by atoms with Gasteiger partial charge < -0.3 is 4.57 Å². The molecule has 0 unspecified atom stereocenters. The Morgan fingerprint density at radius 2 is 1.79 bits per heavy atom. The lowest BCUT2D eigenvalue weighted by Crippen LogP contribution is -2.11. The number of hydrogen-bond donors (Lipinski definition) is 1. The Balaban J connectivity index is 1.70. The van der Waals surface area contributed by atoms with Gasteiger partial charge in [0.2, 0.25) is 10.0 Å². The molecular weight excluding hydrogens is 452 g/mol. The minimum Gasteiger partial charge on any atom is -0.308 e. The fraction of sp³-hybridized carbons (Fsp3) is 0.360. The molecule has 33 heavy (non-hydrogen) atoms. The molecule has 3 aromatic heterocycles. The van der Waals surface area contributed by atoms with E-state index in [1.165, 1.54) is 11.3 Å². The van der Waals surface area contributed by atoms with Crippen molar-refractivity contribution in [1.29, 1.82) is 0 Å². The van der Waals surface area contributed by atoms with Crippen molar-refractivity contribution in [3.05, 3.63) is 63.9 Å². The summed E-state index contributed by atoms with van der Waals surface area (Å²) in [6, 6.07) is 12.0. The summed E-state index contributed by atoms with van der Waals surface area (Å²) in [5, 5.41) is 5.53. The highest BCUT2D eigenvalue weighted by Gasteiger charge is 2.21. The van der Waals surface area contributed by atoms with Crippen LogP contribution in [0.15, 0.2) is 40.6 Å². The largest absolute Gasteiger partial charge is 0.308 e. The van der Waals surface area contributed by atoms with Crippen LogP contribution in [0.1, 0.15) is 48.3 Å². The van der Waals surface area contributed by atoms with Crippen LogP contribution in [0, 0.1) is 19.8 Å². The molecule has 0 aliphatic rings. The van der Waals surface area contributed by atoms with Gasteiger partial charge >= 0.3 is 0 Å². The zero-order chi connectivity index (χ0) is 23.9. The monoisotopic (exact) mass is 482 g/mol. The van der Waals surface area contributed by atoms with Crippen molar-refractivity contribution in [3.8, 4) is 11.1 Å². The predicted octanol–water partition coefficient (Wildman–Crippen LogP) is 5.23. The normalized spacial score (nSPS) is 12.2. The van der Waals surface area contributed by atoms with Gasteiger partial charge in [-0.2, -0.15) is 0 Å². The summed E-state index contributed by atoms with van der Waals surface area (Å²) < 4.78 is 26.9. The minimum absolute atomic E-state index is 0.231. The van der Waals surface area contributed by atoms with Gasteiger partial charge in [-0.25, -0.2) is 23.5 Å². The van der Waals surface area contributed by atoms with Crippen molar-refractivity contribution in [2.24, 2.45) is 11.1 Å². The highest BCUT2D eigenvalue weighted by Crippen LogP contribution is 2.36. The number of aryl methyl sites for hydroxylation is 3. The average Bonchev–Trinajstić information content (AvgIpc) is 3.30. The Kier molecular flexibility index (Phi) is 6.44. The SMILES string of the molecule is CCc1nc2c(C)cc(C)nc2n1Cc1ccc(-c2cc(CC(C)C)sc2S(N)(=O)=O)cc1. The number of fused-ring (bicyclic) bond motifs is 1. The van der Waals surface area contributed by atoms with Crippen LogP contribution in [0.25, 0.3) is 22.3 Å². The number of thiophene rings is 1. The maximum absolute atomic E-state index is 12.2. The standard InChI is InChI=1S/C25H30N4O2S2/c1-6-22-28-23-16(4)12-17(5)27-24(23)29(22)14-18-7-9-19(10-8-18)21-13-20(11-15(2)3)32-25(21)33(26,30)31/h7-10,12-13,15H,6,11,14H2,1-5H3,(H2,26,30,31). The number of sulfonamides is 1. The average molecular weight is 483 g/mol. The number of benzene rings is 1. The van der Waals surface area contributed by atoms with Crippen molar-refractivity contribution in [2.75, 3.05) is 0 Å². The topological polar surface area (TPSA) is 90.9 Å². The molecule has 4 rings (SSSR count). The molecular formula is C25H30N4O2S2. The van der Waals surface area contributed by atoms with Crippen LogP contribution in [0.4, 0.5) is 0 Å². The molecule has 2 N–H and O–H groups in total. The number of pyridine rings is 1. The third-order valence-electron chi connectivity index (χ3n) is 5.64. The van der Waals surface area contributed by atoms with Crippen LogP contribution >= 0.6 is 11.3 Å². The van der Waals surface area contributed by atoms with E-state index >= 15 is 0 Å². The number of aromatic nitrogens is 3. The van der Waals surface area contributed by atoms with Gasteiger partial charge in [0.25, 0.3) is 0 Å². The van der Waals surface area contributed by atoms with Crippen LogP contribution < -0.4 is 5.14 Å². The highest BCUT2D eigenvalue weighted by molar-refractivity contribution is 7.91. The molecule has 0 saturated heterocycles. The van der Waals surface area contributed by atoms with Crippen molar-refractivity contribution >= 4 is 32.5 Å². The van der Waals surface area contributed by atoms with E-state index in [2.05, 4.69) is 38.3 Å². The van der Waals surface area contributed by atoms with Gasteiger partial charge in [-0.05, 0) is 55.0 Å². The second-order valence-electron chi connectivity index (χ2n) is 8.97. The zero-order valence-electron chi connectivity index (χ0n) is 19.7. The Morgan fingerprint density at radius 1 is 1.09 bits per heavy atom. The summed E-state index contributed by atoms with van der Waals surface area (Å²) in [4.78, 5) is 10.6. The number of hydrogen-bond acceptors (Lipinski definition) is 5. The second-order valence-corrected chi connectivity index (χ2v) is 11.9. The third kappa shape index (κ3) is 4.88. The van der Waals surface area contributed by atoms with Gasteiger partial charge in [0.1, 0.15) is 15.6 Å². The molecule has 0 aliphatic heterocycles. The van der Waals surface area contributed by atoms with E-state index in [0.29, 0.717) is 18.0 Å². The van der Waals surface area contributed by atoms with Gasteiger partial charge in [0.15, 0.2) is 5.65 Å². The molecule has 0 aliphatic carbocycles. The predicted molar refractivity (Wildman–Crippen MR) is 135 cm³/mol. The van der Waals surface area contributed by atoms with Crippen molar-refractivity contribution in [1.82, 2.24) is 14.5 Å². The van der Waals surface area contributed by atoms with Gasteiger partial charge in [-0.1, -0.05) is 45.0 Å². The summed E-state index contributed by atoms with van der Waals surface area (Å²) in [7, 11) is -3.79. The van der Waals surface area contributed by atoms with E-state index in [1.54, 1.807) is 0 Å². The highest BCUT2D eigenvalue weighted by atomic mass is 32.2. The van der Waals surface area contributed by atoms with Crippen molar-refractivity contribution in [3.63, 3.8) is 0 Å². The molecule has 0 fully saturated rings. The first kappa shape index (κ1) is 23.6. The number of primary sulfonamides is 1. The lowest BCUT2D eigenvalue weighted by molar-refractivity contribution is 0.600. The molecule has 174 valence electrons. The first-order valence-electron chi connectivity index (χ1n) is 11.1. The molecule has 0 spiro atoms. The second kappa shape index (κ2) is 9.00. The fourth-order valence-corrected chi connectivity index (χ4v) is 6.58. The smallest absolute Gasteiger partial charge is 0.248 e. The van der Waals surface area contributed by atoms with Crippen LogP contribution in [0.3, 0.4) is 0 Å². The summed E-state index contributed by atoms with van der Waals surface area (Å²) >= 11 is 1.27. The van der Waals surface area contributed by atoms with E-state index < -0.39 is 10.0 Å². The molecule has 0 saturated carbocycles. The Morgan fingerprint density at radius 3 is 2.39 bits per heavy atom. The maximum atomic E-state index is 12.2. The molecule has 0 bridgehead atoms. The van der Waals surface area contributed by atoms with Crippen LogP contribution in [-0.4, -0.2) is 23.0 Å². The number of nitrogens with two attached hydrogens (primary N) is 1. The molecule has 0 radical (unpaired) electrons. The third-order valence-corrected chi connectivity index (χ3v) is 8.28. The maximum Gasteiger partial charge on any atom is 0.248 e. The van der Waals surface area contributed by atoms with Crippen molar-refractivity contribution in [2.45, 2.75) is 58.2 Å². The van der Waals surface area contributed by atoms with Crippen LogP contribution in [-0.2, 0) is 29.4 Å². The Labute approximate surface area is 199 Å². The summed E-state index contributed by atoms with van der Waals surface area (Å²) in [5.74, 6) is 1.44. The van der Waals surface area contributed by atoms with E-state index in [-0.39, 0.29) is 4.21 Å². The van der Waals surface area contributed by atoms with Crippen molar-refractivity contribution < 1.29 is 8.42 Å². The molecule has 8 heteroatoms. The molecule has 0 atom stereocenters. The summed E-state index contributed by atoms with van der Waals surface area (Å²) in [6.45, 7) is 11.1. The lowest BCUT2D eigenvalue weighted by Gasteiger charge is -2.10. The van der Waals surface area contributed by atoms with Gasteiger partial charge in [0, 0.05) is 22.6 Å². The number of nitrogens with zero attached hydrogens (tertiary/aromatic N) is 3. The number of rotatable bonds is 7. The van der Waals surface area contributed by atoms with Gasteiger partial charge in [0.05, 0.1) is 6.54 Å². The minimum atomic E-state index is -3.79. The van der Waals surface area contributed by atoms with Crippen LogP contribution in [0.5, 0.6) is 0 Å². The molecule has 1 aromatic carbocycles. The quantitative estimate of drug-likeness (QED) is 0.390. The van der Waals surface area contributed by atoms with Gasteiger partial charge in [-0.15, -0.1) is 11.3 Å². The summed E-state index contributed by atoms with van der Waals surface area (Å²) in [6.07, 6.45) is 1.64. The summed E-state index contributed by atoms with van der Waals surface area (Å²) in [5.41, 5.74) is 6.59. The molecule has 0 amide bonds. The first-order chi connectivity index (χ1) is 15.6. The Hall–Kier alpha value is -2.55. The lowest BCUT2D eigenvalue weighted by atomic mass is 10.0. The molecule has 6 nitrogen and oxygen atoms in total. The molecule has 4 aromatic rings. The van der Waals surface area contributed by atoms with E-state index in [4.69, 9.17) is 15.1 Å². The van der Waals surface area contributed by atoms with Gasteiger partial charge in [-0.3, -0.25) is 0 Å². The van der Waals surface area contributed by atoms with Crippen LogP contribution in [0.2, 0.25) is 0 Å². The van der Waals surface area contributed by atoms with E-state index in [1.807, 2.05) is 37.3 Å². The van der Waals surface area contributed by atoms with E-state index in [0.717, 1.165) is 57.1 Å². The number of imidazole rings is 1. The molecule has 3 heterocycles. The Bertz CT molecular complexity index is 1420. The first-order valence-corrected chi connectivity index (χ1v) is 13.5. The van der Waals surface area contributed by atoms with E-state index in [9.17, 15) is 8.42 Å². The fourth-order valence-electron chi connectivity index (χ4n) is 4.20.